The molecule has 0 bridgehead atoms. The van der Waals surface area contributed by atoms with Crippen LogP contribution in [-0.4, -0.2) is 76.4 Å². The summed E-state index contributed by atoms with van der Waals surface area (Å²) in [6.45, 7) is 2.76. The van der Waals surface area contributed by atoms with E-state index in [-0.39, 0.29) is 60.6 Å². The van der Waals surface area contributed by atoms with Gasteiger partial charge in [-0.25, -0.2) is 4.39 Å². The van der Waals surface area contributed by atoms with Crippen molar-refractivity contribution in [1.82, 2.24) is 24.6 Å². The van der Waals surface area contributed by atoms with Gasteiger partial charge in [0.15, 0.2) is 12.0 Å². The molecule has 8 nitrogen and oxygen atoms in total. The molecule has 1 aromatic heterocycles. The Balaban J connectivity index is 1.37. The molecule has 6 rings (SSSR count). The summed E-state index contributed by atoms with van der Waals surface area (Å²) < 4.78 is 92.6. The van der Waals surface area contributed by atoms with E-state index in [9.17, 15) is 26.7 Å². The summed E-state index contributed by atoms with van der Waals surface area (Å²) in [5.74, 6) is -0.980. The molecule has 0 N–H and O–H groups in total. The number of likely N-dealkylation sites (N-methyl/N-ethyl adjacent to an activating group) is 1. The molecule has 1 unspecified atom stereocenters. The number of para-hydroxylation sites is 1. The third kappa shape index (κ3) is 5.50. The number of ether oxygens (including phenoxy) is 1. The number of hydrogen-bond acceptors (Lipinski definition) is 6. The molecular weight excluding hydrogens is 602 g/mol. The van der Waals surface area contributed by atoms with E-state index in [2.05, 4.69) is 33.8 Å². The summed E-state index contributed by atoms with van der Waals surface area (Å²) in [5.41, 5.74) is -1.79. The summed E-state index contributed by atoms with van der Waals surface area (Å²) in [4.78, 5) is 19.5. The van der Waals surface area contributed by atoms with Gasteiger partial charge < -0.3 is 14.5 Å². The van der Waals surface area contributed by atoms with Crippen LogP contribution in [0.1, 0.15) is 65.0 Å². The van der Waals surface area contributed by atoms with Gasteiger partial charge in [-0.05, 0) is 47.9 Å². The number of amides is 1. The standard InChI is InChI=1S/C31H34F6N6O2/c1-18(2)25-14-40(3)8-9-41(25)12-19-10-20-21(23(11-19)31(35,36)37)13-42(28(20)44)24-7-5-4-6-22(24)30(15-45-16-30)26(32)27-39-38-17-43(27)29(33)34/h4-7,10-11,17-18,25-26,29H,8-9,12-16H2,1-3H3/t25-,26?/m1/s1. The van der Waals surface area contributed by atoms with E-state index in [1.54, 1.807) is 18.2 Å². The zero-order valence-corrected chi connectivity index (χ0v) is 25.1. The molecule has 0 aliphatic carbocycles. The Hall–Kier alpha value is -3.49. The van der Waals surface area contributed by atoms with E-state index in [0.29, 0.717) is 16.7 Å². The van der Waals surface area contributed by atoms with E-state index in [4.69, 9.17) is 4.74 Å². The maximum absolute atomic E-state index is 16.2. The van der Waals surface area contributed by atoms with E-state index >= 15 is 4.39 Å². The highest BCUT2D eigenvalue weighted by atomic mass is 19.4. The molecule has 0 radical (unpaired) electrons. The SMILES string of the molecule is CC(C)[C@H]1CN(C)CCN1Cc1cc2c(c(C(F)(F)F)c1)CN(c1ccccc1C1(C(F)c3nncn3C(F)F)COC1)C2=O. The van der Waals surface area contributed by atoms with Gasteiger partial charge in [-0.2, -0.15) is 22.0 Å². The lowest BCUT2D eigenvalue weighted by atomic mass is 9.73. The minimum atomic E-state index is -4.72. The van der Waals surface area contributed by atoms with Gasteiger partial charge in [0.25, 0.3) is 5.91 Å². The fraction of sp³-hybridized carbons (Fsp3) is 0.516. The van der Waals surface area contributed by atoms with Crippen LogP contribution in [0.5, 0.6) is 0 Å². The van der Waals surface area contributed by atoms with Crippen molar-refractivity contribution in [2.75, 3.05) is 44.8 Å². The largest absolute Gasteiger partial charge is 0.416 e. The molecule has 4 heterocycles. The fourth-order valence-electron chi connectivity index (χ4n) is 6.78. The minimum absolute atomic E-state index is 0.0574. The highest BCUT2D eigenvalue weighted by Crippen LogP contribution is 2.50. The van der Waals surface area contributed by atoms with Crippen LogP contribution in [0.15, 0.2) is 42.7 Å². The second-order valence-electron chi connectivity index (χ2n) is 12.5. The molecule has 1 amide bonds. The van der Waals surface area contributed by atoms with Crippen molar-refractivity contribution in [3.63, 3.8) is 0 Å². The first-order valence-corrected chi connectivity index (χ1v) is 14.8. The molecule has 2 fully saturated rings. The summed E-state index contributed by atoms with van der Waals surface area (Å²) in [6, 6.07) is 9.05. The lowest BCUT2D eigenvalue weighted by Crippen LogP contribution is -2.53. The van der Waals surface area contributed by atoms with Gasteiger partial charge >= 0.3 is 12.7 Å². The maximum atomic E-state index is 16.2. The number of benzene rings is 2. The number of hydrogen-bond donors (Lipinski definition) is 0. The lowest BCUT2D eigenvalue weighted by Gasteiger charge is -2.45. The number of halogens is 6. The number of carbonyl (C=O) groups excluding carboxylic acids is 1. The van der Waals surface area contributed by atoms with Crippen molar-refractivity contribution < 1.29 is 35.9 Å². The molecule has 3 aliphatic heterocycles. The number of aromatic nitrogens is 3. The van der Waals surface area contributed by atoms with Crippen molar-refractivity contribution in [1.29, 1.82) is 0 Å². The van der Waals surface area contributed by atoms with Gasteiger partial charge in [0.05, 0.1) is 30.7 Å². The molecule has 0 saturated carbocycles. The van der Waals surface area contributed by atoms with E-state index < -0.39 is 41.6 Å². The van der Waals surface area contributed by atoms with Gasteiger partial charge in [-0.3, -0.25) is 14.3 Å². The van der Waals surface area contributed by atoms with Crippen molar-refractivity contribution in [2.45, 2.75) is 57.3 Å². The third-order valence-corrected chi connectivity index (χ3v) is 9.27. The van der Waals surface area contributed by atoms with Crippen LogP contribution in [0.4, 0.5) is 32.0 Å². The van der Waals surface area contributed by atoms with Crippen molar-refractivity contribution in [3.8, 4) is 0 Å². The van der Waals surface area contributed by atoms with Crippen LogP contribution < -0.4 is 4.90 Å². The number of carbonyl (C=O) groups is 1. The second kappa shape index (κ2) is 11.7. The average Bonchev–Trinajstić information content (AvgIpc) is 3.58. The summed E-state index contributed by atoms with van der Waals surface area (Å²) in [5, 5.41) is 7.04. The second-order valence-corrected chi connectivity index (χ2v) is 12.5. The Morgan fingerprint density at radius 3 is 2.47 bits per heavy atom. The molecule has 242 valence electrons. The van der Waals surface area contributed by atoms with Gasteiger partial charge in [-0.15, -0.1) is 10.2 Å². The average molecular weight is 637 g/mol. The van der Waals surface area contributed by atoms with Crippen LogP contribution in [0.25, 0.3) is 0 Å². The van der Waals surface area contributed by atoms with Crippen LogP contribution >= 0.6 is 0 Å². The van der Waals surface area contributed by atoms with Crippen molar-refractivity contribution in [2.24, 2.45) is 5.92 Å². The van der Waals surface area contributed by atoms with Crippen LogP contribution in [-0.2, 0) is 29.4 Å². The molecule has 14 heteroatoms. The Morgan fingerprint density at radius 1 is 1.09 bits per heavy atom. The van der Waals surface area contributed by atoms with Gasteiger partial charge in [0, 0.05) is 43.5 Å². The van der Waals surface area contributed by atoms with E-state index in [1.165, 1.54) is 17.0 Å². The Morgan fingerprint density at radius 2 is 1.82 bits per heavy atom. The highest BCUT2D eigenvalue weighted by molar-refractivity contribution is 6.11. The molecule has 45 heavy (non-hydrogen) atoms. The molecule has 2 aromatic carbocycles. The molecule has 3 aromatic rings. The smallest absolute Gasteiger partial charge is 0.379 e. The third-order valence-electron chi connectivity index (χ3n) is 9.27. The number of fused-ring (bicyclic) bond motifs is 1. The number of nitrogens with zero attached hydrogens (tertiary/aromatic N) is 6. The molecular formula is C31H34F6N6O2. The monoisotopic (exact) mass is 636 g/mol. The molecule has 3 aliphatic rings. The summed E-state index contributed by atoms with van der Waals surface area (Å²) >= 11 is 0. The Labute approximate surface area is 256 Å². The minimum Gasteiger partial charge on any atom is -0.379 e. The fourth-order valence-corrected chi connectivity index (χ4v) is 6.78. The van der Waals surface area contributed by atoms with Crippen LogP contribution in [0.3, 0.4) is 0 Å². The predicted molar refractivity (Wildman–Crippen MR) is 153 cm³/mol. The quantitative estimate of drug-likeness (QED) is 0.300. The number of rotatable bonds is 8. The molecule has 2 saturated heterocycles. The van der Waals surface area contributed by atoms with Gasteiger partial charge in [0.2, 0.25) is 0 Å². The zero-order chi connectivity index (χ0) is 32.3. The first kappa shape index (κ1) is 31.5. The molecule has 0 spiro atoms. The van der Waals surface area contributed by atoms with Crippen molar-refractivity contribution >= 4 is 11.6 Å². The number of anilines is 1. The first-order chi connectivity index (χ1) is 21.3. The first-order valence-electron chi connectivity index (χ1n) is 14.8. The van der Waals surface area contributed by atoms with Crippen molar-refractivity contribution in [3.05, 3.63) is 76.4 Å². The van der Waals surface area contributed by atoms with Gasteiger partial charge in [0.1, 0.15) is 6.33 Å². The maximum Gasteiger partial charge on any atom is 0.416 e. The summed E-state index contributed by atoms with van der Waals surface area (Å²) in [7, 11) is 2.02. The number of alkyl halides is 6. The van der Waals surface area contributed by atoms with E-state index in [0.717, 1.165) is 25.5 Å². The van der Waals surface area contributed by atoms with Gasteiger partial charge in [-0.1, -0.05) is 32.0 Å². The van der Waals surface area contributed by atoms with E-state index in [1.807, 2.05) is 7.05 Å². The Kier molecular flexibility index (Phi) is 8.19. The highest BCUT2D eigenvalue weighted by Gasteiger charge is 2.53. The van der Waals surface area contributed by atoms with Crippen LogP contribution in [0, 0.1) is 5.92 Å². The van der Waals surface area contributed by atoms with Crippen LogP contribution in [0.2, 0.25) is 0 Å². The predicted octanol–water partition coefficient (Wildman–Crippen LogP) is 5.60. The number of piperazine rings is 1. The zero-order valence-electron chi connectivity index (χ0n) is 25.1. The normalized spacial score (nSPS) is 21.4. The molecule has 2 atom stereocenters. The summed E-state index contributed by atoms with van der Waals surface area (Å²) in [6.07, 6.45) is -6.09. The topological polar surface area (TPSA) is 66.7 Å². The Bertz CT molecular complexity index is 1570. The lowest BCUT2D eigenvalue weighted by molar-refractivity contribution is -0.138.